The lowest BCUT2D eigenvalue weighted by Gasteiger charge is -2.16. The van der Waals surface area contributed by atoms with Gasteiger partial charge in [-0.05, 0) is 31.0 Å². The highest BCUT2D eigenvalue weighted by molar-refractivity contribution is 6.00. The molecule has 7 heteroatoms. The van der Waals surface area contributed by atoms with Gasteiger partial charge < -0.3 is 4.57 Å². The van der Waals surface area contributed by atoms with Crippen molar-refractivity contribution < 1.29 is 22.4 Å². The first kappa shape index (κ1) is 15.3. The number of hydrogen-bond donors (Lipinski definition) is 0. The molecule has 1 aromatic heterocycles. The Morgan fingerprint density at radius 2 is 1.91 bits per heavy atom. The van der Waals surface area contributed by atoms with Crippen LogP contribution in [0.5, 0.6) is 0 Å². The van der Waals surface area contributed by atoms with Gasteiger partial charge in [0.2, 0.25) is 0 Å². The van der Waals surface area contributed by atoms with Gasteiger partial charge in [0, 0.05) is 24.0 Å². The van der Waals surface area contributed by atoms with E-state index in [1.54, 1.807) is 0 Å². The number of hydrogen-bond acceptors (Lipinski definition) is 1. The van der Waals surface area contributed by atoms with E-state index in [0.29, 0.717) is 12.8 Å². The van der Waals surface area contributed by atoms with Gasteiger partial charge in [-0.2, -0.15) is 13.2 Å². The van der Waals surface area contributed by atoms with E-state index in [1.807, 2.05) is 0 Å². The maximum Gasteiger partial charge on any atom is 0.418 e. The van der Waals surface area contributed by atoms with Gasteiger partial charge in [-0.15, -0.1) is 0 Å². The minimum atomic E-state index is -4.67. The Morgan fingerprint density at radius 1 is 1.17 bits per heavy atom. The number of nitrogens with zero attached hydrogens (tertiary/aromatic N) is 2. The van der Waals surface area contributed by atoms with E-state index in [-0.39, 0.29) is 29.1 Å². The Balaban J connectivity index is 2.28. The summed E-state index contributed by atoms with van der Waals surface area (Å²) < 4.78 is 54.4. The molecule has 0 saturated heterocycles. The first-order chi connectivity index (χ1) is 10.8. The summed E-state index contributed by atoms with van der Waals surface area (Å²) in [6.45, 7) is 6.94. The van der Waals surface area contributed by atoms with Crippen molar-refractivity contribution in [3.05, 3.63) is 58.5 Å². The number of carbonyl (C=O) groups is 1. The van der Waals surface area contributed by atoms with Gasteiger partial charge in [0.15, 0.2) is 11.5 Å². The maximum atomic E-state index is 13.6. The zero-order valence-corrected chi connectivity index (χ0v) is 11.7. The third kappa shape index (κ3) is 2.61. The van der Waals surface area contributed by atoms with E-state index in [9.17, 15) is 22.4 Å². The minimum Gasteiger partial charge on any atom is -0.321 e. The summed E-state index contributed by atoms with van der Waals surface area (Å²) in [7, 11) is 0. The molecule has 0 unspecified atom stereocenters. The molecule has 1 aromatic carbocycles. The highest BCUT2D eigenvalue weighted by Crippen LogP contribution is 2.39. The van der Waals surface area contributed by atoms with Crippen LogP contribution in [0.2, 0.25) is 0 Å². The predicted molar refractivity (Wildman–Crippen MR) is 74.3 cm³/mol. The topological polar surface area (TPSA) is 26.4 Å². The van der Waals surface area contributed by atoms with Crippen molar-refractivity contribution in [1.82, 2.24) is 4.57 Å². The average Bonchev–Trinajstić information content (AvgIpc) is 2.87. The number of ketones is 1. The standard InChI is InChI=1S/C16H10F4N2O/c1-21-10-5-9(17)6-11(7-10)22-8-12(16(18,19)20)15-13(22)3-2-4-14(15)23/h5-8H,2-4H2. The molecule has 0 radical (unpaired) electrons. The largest absolute Gasteiger partial charge is 0.418 e. The molecule has 3 rings (SSSR count). The molecule has 1 aliphatic carbocycles. The van der Waals surface area contributed by atoms with E-state index < -0.39 is 23.3 Å². The number of alkyl halides is 3. The number of fused-ring (bicyclic) bond motifs is 1. The monoisotopic (exact) mass is 322 g/mol. The van der Waals surface area contributed by atoms with Crippen LogP contribution in [0.15, 0.2) is 24.4 Å². The van der Waals surface area contributed by atoms with Crippen LogP contribution in [0.4, 0.5) is 23.2 Å². The summed E-state index contributed by atoms with van der Waals surface area (Å²) in [6.07, 6.45) is -3.05. The molecule has 1 aliphatic rings. The minimum absolute atomic E-state index is 0.0156. The van der Waals surface area contributed by atoms with Gasteiger partial charge in [0.05, 0.1) is 17.7 Å². The molecule has 0 fully saturated rings. The van der Waals surface area contributed by atoms with Crippen molar-refractivity contribution in [3.63, 3.8) is 0 Å². The van der Waals surface area contributed by atoms with Crippen LogP contribution >= 0.6 is 0 Å². The fourth-order valence-electron chi connectivity index (χ4n) is 2.85. The molecule has 0 saturated carbocycles. The fourth-order valence-corrected chi connectivity index (χ4v) is 2.85. The van der Waals surface area contributed by atoms with Crippen LogP contribution < -0.4 is 0 Å². The summed E-state index contributed by atoms with van der Waals surface area (Å²) >= 11 is 0. The Hall–Kier alpha value is -2.62. The van der Waals surface area contributed by atoms with Gasteiger partial charge in [-0.1, -0.05) is 0 Å². The van der Waals surface area contributed by atoms with E-state index in [4.69, 9.17) is 6.57 Å². The normalized spacial score (nSPS) is 14.5. The summed E-state index contributed by atoms with van der Waals surface area (Å²) in [4.78, 5) is 15.1. The van der Waals surface area contributed by atoms with Crippen molar-refractivity contribution in [3.8, 4) is 5.69 Å². The van der Waals surface area contributed by atoms with Crippen LogP contribution in [0, 0.1) is 12.4 Å². The van der Waals surface area contributed by atoms with Gasteiger partial charge >= 0.3 is 6.18 Å². The van der Waals surface area contributed by atoms with Crippen LogP contribution in [-0.2, 0) is 12.6 Å². The lowest BCUT2D eigenvalue weighted by atomic mass is 9.93. The quantitative estimate of drug-likeness (QED) is 0.552. The highest BCUT2D eigenvalue weighted by atomic mass is 19.4. The second kappa shape index (κ2) is 5.23. The Bertz CT molecular complexity index is 843. The third-order valence-electron chi connectivity index (χ3n) is 3.78. The zero-order chi connectivity index (χ0) is 16.8. The van der Waals surface area contributed by atoms with E-state index >= 15 is 0 Å². The smallest absolute Gasteiger partial charge is 0.321 e. The molecule has 0 spiro atoms. The number of rotatable bonds is 1. The lowest BCUT2D eigenvalue weighted by Crippen LogP contribution is -2.16. The summed E-state index contributed by atoms with van der Waals surface area (Å²) in [5.74, 6) is -1.27. The van der Waals surface area contributed by atoms with Crippen LogP contribution in [0.25, 0.3) is 10.5 Å². The van der Waals surface area contributed by atoms with E-state index in [1.165, 1.54) is 10.6 Å². The first-order valence-corrected chi connectivity index (χ1v) is 6.84. The Morgan fingerprint density at radius 3 is 2.57 bits per heavy atom. The summed E-state index contributed by atoms with van der Waals surface area (Å²) in [6, 6.07) is 3.35. The predicted octanol–water partition coefficient (Wildman–Crippen LogP) is 4.70. The molecule has 1 heterocycles. The average molecular weight is 322 g/mol. The molecule has 0 aliphatic heterocycles. The number of benzene rings is 1. The zero-order valence-electron chi connectivity index (χ0n) is 11.7. The molecular formula is C16H10F4N2O. The molecule has 0 atom stereocenters. The van der Waals surface area contributed by atoms with Gasteiger partial charge in [0.25, 0.3) is 0 Å². The first-order valence-electron chi connectivity index (χ1n) is 6.84. The maximum absolute atomic E-state index is 13.6. The molecule has 2 aromatic rings. The van der Waals surface area contributed by atoms with Crippen LogP contribution in [-0.4, -0.2) is 10.4 Å². The Kier molecular flexibility index (Phi) is 3.48. The number of carbonyl (C=O) groups excluding carboxylic acids is 1. The summed E-state index contributed by atoms with van der Waals surface area (Å²) in [5.41, 5.74) is -1.03. The molecule has 118 valence electrons. The van der Waals surface area contributed by atoms with E-state index in [2.05, 4.69) is 4.85 Å². The number of halogens is 4. The molecule has 0 N–H and O–H groups in total. The van der Waals surface area contributed by atoms with Crippen LogP contribution in [0.3, 0.4) is 0 Å². The SMILES string of the molecule is [C-]#[N+]c1cc(F)cc(-n2cc(C(F)(F)F)c3c2CCCC3=O)c1. The lowest BCUT2D eigenvalue weighted by molar-refractivity contribution is -0.137. The van der Waals surface area contributed by atoms with Crippen molar-refractivity contribution in [2.24, 2.45) is 0 Å². The molecule has 3 nitrogen and oxygen atoms in total. The number of Topliss-reactive ketones (excluding diaryl/α,β-unsaturated/α-hetero) is 1. The van der Waals surface area contributed by atoms with E-state index in [0.717, 1.165) is 18.3 Å². The molecular weight excluding hydrogens is 312 g/mol. The highest BCUT2D eigenvalue weighted by Gasteiger charge is 2.40. The second-order valence-corrected chi connectivity index (χ2v) is 5.29. The van der Waals surface area contributed by atoms with Crippen molar-refractivity contribution >= 4 is 11.5 Å². The molecule has 23 heavy (non-hydrogen) atoms. The van der Waals surface area contributed by atoms with Crippen LogP contribution in [0.1, 0.15) is 34.5 Å². The summed E-state index contributed by atoms with van der Waals surface area (Å²) in [5, 5.41) is 0. The fraction of sp³-hybridized carbons (Fsp3) is 0.250. The molecule has 0 amide bonds. The van der Waals surface area contributed by atoms with Gasteiger partial charge in [0.1, 0.15) is 5.82 Å². The molecule has 0 bridgehead atoms. The van der Waals surface area contributed by atoms with Crippen molar-refractivity contribution in [2.45, 2.75) is 25.4 Å². The van der Waals surface area contributed by atoms with Crippen molar-refractivity contribution in [2.75, 3.05) is 0 Å². The van der Waals surface area contributed by atoms with Crippen molar-refractivity contribution in [1.29, 1.82) is 0 Å². The Labute approximate surface area is 129 Å². The third-order valence-corrected chi connectivity index (χ3v) is 3.78. The number of aromatic nitrogens is 1. The van der Waals surface area contributed by atoms with Gasteiger partial charge in [-0.3, -0.25) is 4.79 Å². The second-order valence-electron chi connectivity index (χ2n) is 5.29. The van der Waals surface area contributed by atoms with Gasteiger partial charge in [-0.25, -0.2) is 9.24 Å².